The Morgan fingerprint density at radius 3 is 2.83 bits per heavy atom. The third-order valence-corrected chi connectivity index (χ3v) is 2.48. The van der Waals surface area contributed by atoms with Gasteiger partial charge in [0.25, 0.3) is 0 Å². The lowest BCUT2D eigenvalue weighted by molar-refractivity contribution is 0.0697. The van der Waals surface area contributed by atoms with Crippen LogP contribution in [0.25, 0.3) is 5.82 Å². The van der Waals surface area contributed by atoms with Gasteiger partial charge in [-0.15, -0.1) is 0 Å². The topological polar surface area (TPSA) is 94.0 Å². The normalized spacial score (nSPS) is 10.6. The highest BCUT2D eigenvalue weighted by Gasteiger charge is 2.22. The van der Waals surface area contributed by atoms with Crippen molar-refractivity contribution in [3.63, 3.8) is 0 Å². The molecule has 0 unspecified atom stereocenters. The van der Waals surface area contributed by atoms with Crippen LogP contribution >= 0.6 is 0 Å². The lowest BCUT2D eigenvalue weighted by Crippen LogP contribution is -2.08. The van der Waals surface area contributed by atoms with Crippen molar-refractivity contribution in [3.8, 4) is 5.82 Å². The van der Waals surface area contributed by atoms with Gasteiger partial charge in [-0.05, 0) is 18.6 Å². The van der Waals surface area contributed by atoms with Gasteiger partial charge in [-0.2, -0.15) is 9.78 Å². The maximum atomic E-state index is 13.6. The third-order valence-electron chi connectivity index (χ3n) is 2.48. The summed E-state index contributed by atoms with van der Waals surface area (Å²) >= 11 is 0. The predicted octanol–water partition coefficient (Wildman–Crippen LogP) is 1.25. The number of anilines is 1. The zero-order chi connectivity index (χ0) is 13.3. The summed E-state index contributed by atoms with van der Waals surface area (Å²) in [7, 11) is 0. The van der Waals surface area contributed by atoms with Gasteiger partial charge in [0.1, 0.15) is 11.4 Å². The maximum Gasteiger partial charge on any atom is 0.341 e. The van der Waals surface area contributed by atoms with Crippen molar-refractivity contribution < 1.29 is 14.3 Å². The molecule has 2 heterocycles. The monoisotopic (exact) mass is 250 g/mol. The van der Waals surface area contributed by atoms with E-state index in [0.29, 0.717) is 12.1 Å². The molecule has 7 heteroatoms. The van der Waals surface area contributed by atoms with E-state index in [1.165, 1.54) is 18.3 Å². The average molecular weight is 250 g/mol. The zero-order valence-corrected chi connectivity index (χ0v) is 9.59. The molecule has 0 aliphatic rings. The van der Waals surface area contributed by atoms with Crippen molar-refractivity contribution in [2.75, 3.05) is 5.73 Å². The Morgan fingerprint density at radius 1 is 1.61 bits per heavy atom. The molecule has 94 valence electrons. The van der Waals surface area contributed by atoms with Crippen molar-refractivity contribution in [2.24, 2.45) is 0 Å². The van der Waals surface area contributed by atoms with Gasteiger partial charge in [0.15, 0.2) is 11.6 Å². The standard InChI is InChI=1S/C11H11FN4O2/c1-2-7-8(11(17)18)9(13)16(15-7)10-6(12)4-3-5-14-10/h3-5H,2,13H2,1H3,(H,17,18). The van der Waals surface area contributed by atoms with E-state index in [1.807, 2.05) is 0 Å². The molecule has 18 heavy (non-hydrogen) atoms. The molecule has 0 amide bonds. The van der Waals surface area contributed by atoms with E-state index < -0.39 is 11.8 Å². The fraction of sp³-hybridized carbons (Fsp3) is 0.182. The van der Waals surface area contributed by atoms with Crippen LogP contribution in [0.15, 0.2) is 18.3 Å². The molecule has 0 saturated carbocycles. The number of nitrogens with two attached hydrogens (primary N) is 1. The summed E-state index contributed by atoms with van der Waals surface area (Å²) in [4.78, 5) is 14.9. The van der Waals surface area contributed by atoms with E-state index >= 15 is 0 Å². The van der Waals surface area contributed by atoms with Crippen molar-refractivity contribution in [3.05, 3.63) is 35.4 Å². The molecule has 0 spiro atoms. The van der Waals surface area contributed by atoms with Crippen LogP contribution in [0.1, 0.15) is 23.0 Å². The summed E-state index contributed by atoms with van der Waals surface area (Å²) in [6.45, 7) is 1.74. The number of nitrogens with zero attached hydrogens (tertiary/aromatic N) is 3. The maximum absolute atomic E-state index is 13.6. The van der Waals surface area contributed by atoms with E-state index in [-0.39, 0.29) is 17.2 Å². The Labute approximate surface area is 102 Å². The van der Waals surface area contributed by atoms with Gasteiger partial charge < -0.3 is 10.8 Å². The van der Waals surface area contributed by atoms with E-state index in [2.05, 4.69) is 10.1 Å². The second kappa shape index (κ2) is 4.44. The molecule has 0 bridgehead atoms. The average Bonchev–Trinajstić information content (AvgIpc) is 2.67. The smallest absolute Gasteiger partial charge is 0.341 e. The number of hydrogen-bond donors (Lipinski definition) is 2. The van der Waals surface area contributed by atoms with Crippen LogP contribution in [-0.2, 0) is 6.42 Å². The molecule has 0 aromatic carbocycles. The molecule has 6 nitrogen and oxygen atoms in total. The van der Waals surface area contributed by atoms with Crippen molar-refractivity contribution >= 4 is 11.8 Å². The molecule has 2 aromatic heterocycles. The van der Waals surface area contributed by atoms with Gasteiger partial charge in [-0.1, -0.05) is 6.92 Å². The Bertz CT molecular complexity index is 609. The number of aromatic carboxylic acids is 1. The van der Waals surface area contributed by atoms with Crippen molar-refractivity contribution in [2.45, 2.75) is 13.3 Å². The lowest BCUT2D eigenvalue weighted by atomic mass is 10.2. The molecule has 2 rings (SSSR count). The van der Waals surface area contributed by atoms with E-state index in [0.717, 1.165) is 4.68 Å². The molecule has 0 radical (unpaired) electrons. The molecule has 0 fully saturated rings. The summed E-state index contributed by atoms with van der Waals surface area (Å²) in [6.07, 6.45) is 1.76. The number of aryl methyl sites for hydroxylation is 1. The van der Waals surface area contributed by atoms with E-state index in [9.17, 15) is 9.18 Å². The van der Waals surface area contributed by atoms with E-state index in [4.69, 9.17) is 10.8 Å². The van der Waals surface area contributed by atoms with Crippen LogP contribution in [0.5, 0.6) is 0 Å². The number of aromatic nitrogens is 3. The van der Waals surface area contributed by atoms with Gasteiger partial charge in [-0.25, -0.2) is 14.2 Å². The fourth-order valence-electron chi connectivity index (χ4n) is 1.65. The van der Waals surface area contributed by atoms with Crippen LogP contribution in [0, 0.1) is 5.82 Å². The van der Waals surface area contributed by atoms with Crippen LogP contribution in [0.4, 0.5) is 10.2 Å². The molecule has 0 aliphatic heterocycles. The summed E-state index contributed by atoms with van der Waals surface area (Å²) in [5, 5.41) is 13.0. The molecule has 0 atom stereocenters. The Hall–Kier alpha value is -2.44. The van der Waals surface area contributed by atoms with Crippen LogP contribution in [0.2, 0.25) is 0 Å². The predicted molar refractivity (Wildman–Crippen MR) is 62.1 cm³/mol. The number of carboxylic acid groups (broad SMARTS) is 1. The first kappa shape index (κ1) is 12.0. The third kappa shape index (κ3) is 1.79. The summed E-state index contributed by atoms with van der Waals surface area (Å²) < 4.78 is 14.6. The highest BCUT2D eigenvalue weighted by Crippen LogP contribution is 2.21. The fourth-order valence-corrected chi connectivity index (χ4v) is 1.65. The minimum absolute atomic E-state index is 0.109. The lowest BCUT2D eigenvalue weighted by Gasteiger charge is -2.03. The number of carbonyl (C=O) groups is 1. The highest BCUT2D eigenvalue weighted by molar-refractivity contribution is 5.94. The van der Waals surface area contributed by atoms with Gasteiger partial charge in [0, 0.05) is 6.20 Å². The van der Waals surface area contributed by atoms with Crippen LogP contribution < -0.4 is 5.73 Å². The van der Waals surface area contributed by atoms with Crippen LogP contribution in [-0.4, -0.2) is 25.8 Å². The number of halogens is 1. The number of rotatable bonds is 3. The number of nitrogen functional groups attached to an aromatic ring is 1. The minimum Gasteiger partial charge on any atom is -0.477 e. The van der Waals surface area contributed by atoms with Crippen molar-refractivity contribution in [1.29, 1.82) is 0 Å². The number of pyridine rings is 1. The van der Waals surface area contributed by atoms with Crippen LogP contribution in [0.3, 0.4) is 0 Å². The van der Waals surface area contributed by atoms with Gasteiger partial charge >= 0.3 is 5.97 Å². The number of hydrogen-bond acceptors (Lipinski definition) is 4. The Kier molecular flexibility index (Phi) is 2.97. The molecule has 3 N–H and O–H groups in total. The first-order valence-corrected chi connectivity index (χ1v) is 5.27. The first-order valence-electron chi connectivity index (χ1n) is 5.27. The molecular formula is C11H11FN4O2. The second-order valence-corrected chi connectivity index (χ2v) is 3.59. The quantitative estimate of drug-likeness (QED) is 0.854. The zero-order valence-electron chi connectivity index (χ0n) is 9.59. The van der Waals surface area contributed by atoms with E-state index in [1.54, 1.807) is 6.92 Å². The highest BCUT2D eigenvalue weighted by atomic mass is 19.1. The molecule has 0 aliphatic carbocycles. The summed E-state index contributed by atoms with van der Waals surface area (Å²) in [5.74, 6) is -2.05. The molecular weight excluding hydrogens is 239 g/mol. The minimum atomic E-state index is -1.19. The van der Waals surface area contributed by atoms with Gasteiger partial charge in [-0.3, -0.25) is 0 Å². The van der Waals surface area contributed by atoms with Gasteiger partial charge in [0.2, 0.25) is 0 Å². The van der Waals surface area contributed by atoms with Crippen molar-refractivity contribution in [1.82, 2.24) is 14.8 Å². The largest absolute Gasteiger partial charge is 0.477 e. The van der Waals surface area contributed by atoms with Gasteiger partial charge in [0.05, 0.1) is 5.69 Å². The number of carboxylic acids is 1. The second-order valence-electron chi connectivity index (χ2n) is 3.59. The first-order chi connectivity index (χ1) is 8.56. The SMILES string of the molecule is CCc1nn(-c2ncccc2F)c(N)c1C(=O)O. The Morgan fingerprint density at radius 2 is 2.33 bits per heavy atom. The summed E-state index contributed by atoms with van der Waals surface area (Å²) in [6, 6.07) is 2.63. The Balaban J connectivity index is 2.67. The summed E-state index contributed by atoms with van der Waals surface area (Å²) in [5.41, 5.74) is 5.88. The molecule has 2 aromatic rings. The molecule has 0 saturated heterocycles.